The molecule has 0 N–H and O–H groups in total. The van der Waals surface area contributed by atoms with Gasteiger partial charge in [0.05, 0.1) is 37.4 Å². The normalized spacial score (nSPS) is 15.7. The van der Waals surface area contributed by atoms with Crippen LogP contribution in [0.25, 0.3) is 11.3 Å². The van der Waals surface area contributed by atoms with E-state index in [2.05, 4.69) is 15.1 Å². The van der Waals surface area contributed by atoms with E-state index in [-0.39, 0.29) is 5.69 Å². The van der Waals surface area contributed by atoms with E-state index in [0.717, 1.165) is 10.9 Å². The first-order valence-electron chi connectivity index (χ1n) is 9.72. The lowest BCUT2D eigenvalue weighted by molar-refractivity contribution is -0.142. The van der Waals surface area contributed by atoms with E-state index in [0.29, 0.717) is 39.7 Å². The van der Waals surface area contributed by atoms with Crippen LogP contribution in [0.15, 0.2) is 30.7 Å². The number of aromatic nitrogens is 4. The monoisotopic (exact) mass is 463 g/mol. The number of hydrogen-bond acceptors (Lipinski definition) is 7. The van der Waals surface area contributed by atoms with Crippen molar-refractivity contribution in [1.29, 1.82) is 0 Å². The molecule has 0 saturated heterocycles. The van der Waals surface area contributed by atoms with Crippen LogP contribution in [-0.4, -0.2) is 53.2 Å². The molecule has 0 spiro atoms. The van der Waals surface area contributed by atoms with Crippen molar-refractivity contribution in [2.75, 3.05) is 26.2 Å². The maximum Gasteiger partial charge on any atom is 0.408 e. The van der Waals surface area contributed by atoms with E-state index in [4.69, 9.17) is 14.2 Å². The first kappa shape index (κ1) is 22.5. The van der Waals surface area contributed by atoms with Gasteiger partial charge in [0.15, 0.2) is 12.0 Å². The Labute approximate surface area is 186 Å². The highest BCUT2D eigenvalue weighted by Gasteiger charge is 2.42. The van der Waals surface area contributed by atoms with E-state index >= 15 is 0 Å². The number of methoxy groups -OCH3 is 3. The summed E-state index contributed by atoms with van der Waals surface area (Å²) in [6.07, 6.45) is -1.48. The highest BCUT2D eigenvalue weighted by atomic mass is 19.4. The number of ether oxygens (including phenoxy) is 3. The molecule has 4 heterocycles. The van der Waals surface area contributed by atoms with Gasteiger partial charge in [-0.3, -0.25) is 14.4 Å². The van der Waals surface area contributed by atoms with E-state index in [1.165, 1.54) is 32.4 Å². The average molecular weight is 463 g/mol. The summed E-state index contributed by atoms with van der Waals surface area (Å²) in [5.41, 5.74) is 2.60. The maximum atomic E-state index is 13.2. The average Bonchev–Trinajstić information content (AvgIpc) is 3.33. The van der Waals surface area contributed by atoms with Crippen molar-refractivity contribution in [2.45, 2.75) is 25.9 Å². The van der Waals surface area contributed by atoms with Gasteiger partial charge in [-0.05, 0) is 24.6 Å². The van der Waals surface area contributed by atoms with Gasteiger partial charge in [-0.25, -0.2) is 9.97 Å². The summed E-state index contributed by atoms with van der Waals surface area (Å²) >= 11 is 0. The van der Waals surface area contributed by atoms with Gasteiger partial charge in [0, 0.05) is 25.1 Å². The van der Waals surface area contributed by atoms with Crippen LogP contribution in [-0.2, 0) is 11.3 Å². The van der Waals surface area contributed by atoms with Crippen molar-refractivity contribution >= 4 is 11.6 Å². The Morgan fingerprint density at radius 2 is 1.88 bits per heavy atom. The fourth-order valence-electron chi connectivity index (χ4n) is 3.74. The van der Waals surface area contributed by atoms with Crippen LogP contribution in [0.1, 0.15) is 27.8 Å². The molecule has 33 heavy (non-hydrogen) atoms. The van der Waals surface area contributed by atoms with Gasteiger partial charge >= 0.3 is 6.18 Å². The number of alkyl halides is 3. The molecule has 1 aliphatic heterocycles. The summed E-state index contributed by atoms with van der Waals surface area (Å²) in [5, 5.41) is 3.73. The molecular weight excluding hydrogens is 443 g/mol. The third kappa shape index (κ3) is 4.09. The Morgan fingerprint density at radius 3 is 2.52 bits per heavy atom. The molecule has 0 saturated carbocycles. The second kappa shape index (κ2) is 8.35. The summed E-state index contributed by atoms with van der Waals surface area (Å²) in [5.74, 6) is 0.282. The number of fused-ring (bicyclic) bond motifs is 1. The van der Waals surface area contributed by atoms with Crippen LogP contribution in [0.4, 0.5) is 18.9 Å². The topological polar surface area (TPSA) is 91.6 Å². The third-order valence-corrected chi connectivity index (χ3v) is 5.14. The summed E-state index contributed by atoms with van der Waals surface area (Å²) in [4.78, 5) is 23.3. The van der Waals surface area contributed by atoms with Gasteiger partial charge < -0.3 is 14.2 Å². The standard InChI is InChI=1S/C21H20F3N5O4/c1-11-5-14(12-6-15(31-2)18(32-3)25-7-12)27-17-16(11)19(30)29(20(17)33-4)13-8-26-28(9-13)10-21(22,23)24/h5-9,20H,10H2,1-4H3/t20-/m0/s1. The van der Waals surface area contributed by atoms with E-state index in [1.807, 2.05) is 0 Å². The molecule has 0 bridgehead atoms. The Morgan fingerprint density at radius 1 is 1.12 bits per heavy atom. The largest absolute Gasteiger partial charge is 0.491 e. The van der Waals surface area contributed by atoms with Crippen molar-refractivity contribution in [2.24, 2.45) is 0 Å². The van der Waals surface area contributed by atoms with Gasteiger partial charge in [0.2, 0.25) is 0 Å². The molecule has 0 aromatic carbocycles. The lowest BCUT2D eigenvalue weighted by Crippen LogP contribution is -2.28. The number of pyridine rings is 2. The quantitative estimate of drug-likeness (QED) is 0.552. The number of nitrogens with zero attached hydrogens (tertiary/aromatic N) is 5. The maximum absolute atomic E-state index is 13.2. The highest BCUT2D eigenvalue weighted by Crippen LogP contribution is 2.40. The number of carbonyl (C=O) groups excluding carboxylic acids is 1. The molecule has 4 rings (SSSR count). The van der Waals surface area contributed by atoms with Crippen molar-refractivity contribution in [3.63, 3.8) is 0 Å². The van der Waals surface area contributed by atoms with Gasteiger partial charge in [-0.2, -0.15) is 18.3 Å². The van der Waals surface area contributed by atoms with Crippen molar-refractivity contribution in [3.8, 4) is 22.9 Å². The summed E-state index contributed by atoms with van der Waals surface area (Å²) in [6.45, 7) is 0.479. The zero-order chi connectivity index (χ0) is 23.9. The second-order valence-electron chi connectivity index (χ2n) is 7.29. The lowest BCUT2D eigenvalue weighted by Gasteiger charge is -2.21. The third-order valence-electron chi connectivity index (χ3n) is 5.14. The van der Waals surface area contributed by atoms with Crippen LogP contribution in [0.5, 0.6) is 11.6 Å². The number of rotatable bonds is 6. The van der Waals surface area contributed by atoms with Crippen LogP contribution in [0.3, 0.4) is 0 Å². The minimum absolute atomic E-state index is 0.169. The van der Waals surface area contributed by atoms with Crippen molar-refractivity contribution in [3.05, 3.63) is 47.5 Å². The number of hydrogen-bond donors (Lipinski definition) is 0. The predicted molar refractivity (Wildman–Crippen MR) is 110 cm³/mol. The lowest BCUT2D eigenvalue weighted by atomic mass is 10.0. The minimum Gasteiger partial charge on any atom is -0.491 e. The van der Waals surface area contributed by atoms with Crippen molar-refractivity contribution in [1.82, 2.24) is 19.7 Å². The highest BCUT2D eigenvalue weighted by molar-refractivity contribution is 6.11. The molecule has 0 radical (unpaired) electrons. The Hall–Kier alpha value is -3.67. The number of aryl methyl sites for hydroxylation is 1. The molecule has 3 aromatic rings. The molecule has 3 aromatic heterocycles. The Kier molecular flexibility index (Phi) is 5.70. The van der Waals surface area contributed by atoms with Crippen LogP contribution in [0, 0.1) is 6.92 Å². The minimum atomic E-state index is -4.44. The number of anilines is 1. The van der Waals surface area contributed by atoms with E-state index in [9.17, 15) is 18.0 Å². The first-order valence-corrected chi connectivity index (χ1v) is 9.72. The molecular formula is C21H20F3N5O4. The second-order valence-corrected chi connectivity index (χ2v) is 7.29. The summed E-state index contributed by atoms with van der Waals surface area (Å²) < 4.78 is 54.9. The molecule has 1 amide bonds. The first-order chi connectivity index (χ1) is 15.7. The number of halogens is 3. The molecule has 1 aliphatic rings. The molecule has 0 aliphatic carbocycles. The molecule has 12 heteroatoms. The van der Waals surface area contributed by atoms with Crippen molar-refractivity contribution < 1.29 is 32.2 Å². The van der Waals surface area contributed by atoms with Crippen LogP contribution in [0.2, 0.25) is 0 Å². The number of carbonyl (C=O) groups is 1. The molecule has 9 nitrogen and oxygen atoms in total. The fourth-order valence-corrected chi connectivity index (χ4v) is 3.74. The molecule has 1 atom stereocenters. The van der Waals surface area contributed by atoms with Gasteiger partial charge in [0.25, 0.3) is 11.8 Å². The summed E-state index contributed by atoms with van der Waals surface area (Å²) in [7, 11) is 4.35. The van der Waals surface area contributed by atoms with Gasteiger partial charge in [-0.15, -0.1) is 0 Å². The van der Waals surface area contributed by atoms with Gasteiger partial charge in [0.1, 0.15) is 12.2 Å². The SMILES string of the molecule is COc1cc(-c2cc(C)c3c(n2)[C@H](OC)N(c2cnn(CC(F)(F)F)c2)C3=O)cnc1OC. The smallest absolute Gasteiger partial charge is 0.408 e. The molecule has 0 unspecified atom stereocenters. The number of amides is 1. The van der Waals surface area contributed by atoms with Gasteiger partial charge in [-0.1, -0.05) is 0 Å². The Bertz CT molecular complexity index is 1210. The molecule has 174 valence electrons. The van der Waals surface area contributed by atoms with Crippen LogP contribution < -0.4 is 14.4 Å². The zero-order valence-corrected chi connectivity index (χ0v) is 18.2. The predicted octanol–water partition coefficient (Wildman–Crippen LogP) is 3.53. The van der Waals surface area contributed by atoms with E-state index in [1.54, 1.807) is 25.3 Å². The van der Waals surface area contributed by atoms with E-state index < -0.39 is 24.9 Å². The zero-order valence-electron chi connectivity index (χ0n) is 18.2. The fraction of sp³-hybridized carbons (Fsp3) is 0.333. The molecule has 0 fully saturated rings. The Balaban J connectivity index is 1.75. The summed E-state index contributed by atoms with van der Waals surface area (Å²) in [6, 6.07) is 3.43. The van der Waals surface area contributed by atoms with Crippen LogP contribution >= 0.6 is 0 Å².